The van der Waals surface area contributed by atoms with Crippen LogP contribution in [0.25, 0.3) is 0 Å². The molecule has 0 amide bonds. The number of carbonyl (C=O) groups is 1. The molecule has 1 aromatic rings. The standard InChI is InChI=1S/C13H14O3/c14-13(11-3-5-15-8-11)10-1-2-12-9(7-10)4-6-16-12/h1-2,7,11H,3-6,8H2. The Bertz CT molecular complexity index is 419. The fourth-order valence-corrected chi connectivity index (χ4v) is 2.32. The quantitative estimate of drug-likeness (QED) is 0.710. The van der Waals surface area contributed by atoms with Crippen LogP contribution in [0.15, 0.2) is 18.2 Å². The van der Waals surface area contributed by atoms with Gasteiger partial charge in [0.15, 0.2) is 5.78 Å². The SMILES string of the molecule is O=C(c1ccc2c(c1)CCO2)C1CCOC1. The molecule has 3 rings (SSSR count). The number of fused-ring (bicyclic) bond motifs is 1. The topological polar surface area (TPSA) is 35.5 Å². The zero-order chi connectivity index (χ0) is 11.0. The lowest BCUT2D eigenvalue weighted by atomic mass is 9.95. The number of ether oxygens (including phenoxy) is 2. The van der Waals surface area contributed by atoms with Crippen molar-refractivity contribution in [3.63, 3.8) is 0 Å². The van der Waals surface area contributed by atoms with Gasteiger partial charge in [-0.1, -0.05) is 0 Å². The lowest BCUT2D eigenvalue weighted by Crippen LogP contribution is -2.14. The molecule has 3 nitrogen and oxygen atoms in total. The summed E-state index contributed by atoms with van der Waals surface area (Å²) in [5, 5.41) is 0. The van der Waals surface area contributed by atoms with Crippen molar-refractivity contribution >= 4 is 5.78 Å². The molecule has 1 aromatic carbocycles. The molecule has 0 N–H and O–H groups in total. The summed E-state index contributed by atoms with van der Waals surface area (Å²) in [6.45, 7) is 2.02. The number of carbonyl (C=O) groups excluding carboxylic acids is 1. The van der Waals surface area contributed by atoms with E-state index in [4.69, 9.17) is 9.47 Å². The Kier molecular flexibility index (Phi) is 2.40. The van der Waals surface area contributed by atoms with E-state index in [1.54, 1.807) is 0 Å². The normalized spacial score (nSPS) is 22.9. The summed E-state index contributed by atoms with van der Waals surface area (Å²) in [6.07, 6.45) is 1.77. The highest BCUT2D eigenvalue weighted by Crippen LogP contribution is 2.27. The van der Waals surface area contributed by atoms with Crippen molar-refractivity contribution in [2.24, 2.45) is 5.92 Å². The van der Waals surface area contributed by atoms with Gasteiger partial charge in [0.05, 0.1) is 13.2 Å². The third-order valence-corrected chi connectivity index (χ3v) is 3.27. The Morgan fingerprint density at radius 3 is 3.06 bits per heavy atom. The molecule has 3 heteroatoms. The van der Waals surface area contributed by atoms with E-state index in [1.807, 2.05) is 18.2 Å². The van der Waals surface area contributed by atoms with Gasteiger partial charge in [0.1, 0.15) is 5.75 Å². The lowest BCUT2D eigenvalue weighted by Gasteiger charge is -2.07. The first-order valence-corrected chi connectivity index (χ1v) is 5.72. The predicted molar refractivity (Wildman–Crippen MR) is 58.9 cm³/mol. The summed E-state index contributed by atoms with van der Waals surface area (Å²) in [5.74, 6) is 1.20. The first kappa shape index (κ1) is 9.85. The number of ketones is 1. The molecule has 16 heavy (non-hydrogen) atoms. The minimum absolute atomic E-state index is 0.0559. The summed E-state index contributed by atoms with van der Waals surface area (Å²) in [4.78, 5) is 12.1. The highest BCUT2D eigenvalue weighted by atomic mass is 16.5. The van der Waals surface area contributed by atoms with Gasteiger partial charge >= 0.3 is 0 Å². The fraction of sp³-hybridized carbons (Fsp3) is 0.462. The van der Waals surface area contributed by atoms with Gasteiger partial charge in [-0.2, -0.15) is 0 Å². The Morgan fingerprint density at radius 1 is 1.31 bits per heavy atom. The molecule has 0 radical (unpaired) electrons. The van der Waals surface area contributed by atoms with Crippen molar-refractivity contribution in [3.05, 3.63) is 29.3 Å². The van der Waals surface area contributed by atoms with Crippen molar-refractivity contribution in [2.75, 3.05) is 19.8 Å². The van der Waals surface area contributed by atoms with Gasteiger partial charge in [-0.15, -0.1) is 0 Å². The molecule has 1 unspecified atom stereocenters. The minimum atomic E-state index is 0.0559. The molecule has 1 atom stereocenters. The Balaban J connectivity index is 1.86. The van der Waals surface area contributed by atoms with Gasteiger partial charge in [-0.05, 0) is 30.2 Å². The summed E-state index contributed by atoms with van der Waals surface area (Å²) in [5.41, 5.74) is 1.96. The average molecular weight is 218 g/mol. The molecule has 0 aromatic heterocycles. The zero-order valence-electron chi connectivity index (χ0n) is 9.07. The van der Waals surface area contributed by atoms with E-state index < -0.39 is 0 Å². The lowest BCUT2D eigenvalue weighted by molar-refractivity contribution is 0.0900. The first-order chi connectivity index (χ1) is 7.84. The monoisotopic (exact) mass is 218 g/mol. The van der Waals surface area contributed by atoms with Crippen LogP contribution in [0.3, 0.4) is 0 Å². The number of benzene rings is 1. The molecule has 0 bridgehead atoms. The molecular weight excluding hydrogens is 204 g/mol. The number of hydrogen-bond donors (Lipinski definition) is 0. The second-order valence-corrected chi connectivity index (χ2v) is 4.35. The fourth-order valence-electron chi connectivity index (χ4n) is 2.32. The van der Waals surface area contributed by atoms with E-state index in [-0.39, 0.29) is 11.7 Å². The molecule has 0 aliphatic carbocycles. The second kappa shape index (κ2) is 3.91. The zero-order valence-corrected chi connectivity index (χ0v) is 9.07. The van der Waals surface area contributed by atoms with Gasteiger partial charge in [0.25, 0.3) is 0 Å². The van der Waals surface area contributed by atoms with Crippen LogP contribution < -0.4 is 4.74 Å². The molecule has 0 spiro atoms. The summed E-state index contributed by atoms with van der Waals surface area (Å²) in [7, 11) is 0. The smallest absolute Gasteiger partial charge is 0.168 e. The molecular formula is C13H14O3. The van der Waals surface area contributed by atoms with E-state index in [9.17, 15) is 4.79 Å². The van der Waals surface area contributed by atoms with Crippen LogP contribution in [-0.4, -0.2) is 25.6 Å². The molecule has 2 heterocycles. The third kappa shape index (κ3) is 1.61. The van der Waals surface area contributed by atoms with Crippen LogP contribution in [-0.2, 0) is 11.2 Å². The number of hydrogen-bond acceptors (Lipinski definition) is 3. The average Bonchev–Trinajstić information content (AvgIpc) is 2.98. The summed E-state index contributed by atoms with van der Waals surface area (Å²) in [6, 6.07) is 5.75. The van der Waals surface area contributed by atoms with E-state index in [2.05, 4.69) is 0 Å². The maximum Gasteiger partial charge on any atom is 0.168 e. The van der Waals surface area contributed by atoms with E-state index in [1.165, 1.54) is 0 Å². The first-order valence-electron chi connectivity index (χ1n) is 5.72. The minimum Gasteiger partial charge on any atom is -0.493 e. The summed E-state index contributed by atoms with van der Waals surface area (Å²) < 4.78 is 10.7. The summed E-state index contributed by atoms with van der Waals surface area (Å²) >= 11 is 0. The largest absolute Gasteiger partial charge is 0.493 e. The van der Waals surface area contributed by atoms with Crippen molar-refractivity contribution in [3.8, 4) is 5.75 Å². The van der Waals surface area contributed by atoms with Gasteiger partial charge in [0, 0.05) is 24.5 Å². The van der Waals surface area contributed by atoms with Crippen LogP contribution in [0.2, 0.25) is 0 Å². The van der Waals surface area contributed by atoms with Gasteiger partial charge in [-0.3, -0.25) is 4.79 Å². The maximum atomic E-state index is 12.1. The van der Waals surface area contributed by atoms with Gasteiger partial charge in [0.2, 0.25) is 0 Å². The van der Waals surface area contributed by atoms with Crippen molar-refractivity contribution in [1.82, 2.24) is 0 Å². The molecule has 1 fully saturated rings. The Morgan fingerprint density at radius 2 is 2.25 bits per heavy atom. The highest BCUT2D eigenvalue weighted by Gasteiger charge is 2.25. The van der Waals surface area contributed by atoms with Gasteiger partial charge < -0.3 is 9.47 Å². The number of Topliss-reactive ketones (excluding diaryl/α,β-unsaturated/α-hetero) is 1. The molecule has 1 saturated heterocycles. The van der Waals surface area contributed by atoms with Crippen LogP contribution in [0.5, 0.6) is 5.75 Å². The van der Waals surface area contributed by atoms with Crippen molar-refractivity contribution < 1.29 is 14.3 Å². The van der Waals surface area contributed by atoms with Gasteiger partial charge in [-0.25, -0.2) is 0 Å². The van der Waals surface area contributed by atoms with E-state index in [0.29, 0.717) is 13.2 Å². The number of rotatable bonds is 2. The predicted octanol–water partition coefficient (Wildman–Crippen LogP) is 1.84. The van der Waals surface area contributed by atoms with Crippen molar-refractivity contribution in [2.45, 2.75) is 12.8 Å². The molecule has 0 saturated carbocycles. The molecule has 2 aliphatic heterocycles. The Labute approximate surface area is 94.4 Å². The second-order valence-electron chi connectivity index (χ2n) is 4.35. The van der Waals surface area contributed by atoms with Crippen LogP contribution in [0, 0.1) is 5.92 Å². The Hall–Kier alpha value is -1.35. The van der Waals surface area contributed by atoms with Crippen LogP contribution in [0.1, 0.15) is 22.3 Å². The molecule has 84 valence electrons. The van der Waals surface area contributed by atoms with Crippen LogP contribution >= 0.6 is 0 Å². The third-order valence-electron chi connectivity index (χ3n) is 3.27. The highest BCUT2D eigenvalue weighted by molar-refractivity contribution is 5.98. The van der Waals surface area contributed by atoms with Crippen molar-refractivity contribution in [1.29, 1.82) is 0 Å². The van der Waals surface area contributed by atoms with Crippen LogP contribution in [0.4, 0.5) is 0 Å². The maximum absolute atomic E-state index is 12.1. The van der Waals surface area contributed by atoms with E-state index >= 15 is 0 Å². The van der Waals surface area contributed by atoms with E-state index in [0.717, 1.165) is 36.3 Å². The molecule has 2 aliphatic rings.